The molecule has 1 amide bonds. The Morgan fingerprint density at radius 2 is 1.96 bits per heavy atom. The van der Waals surface area contributed by atoms with E-state index in [9.17, 15) is 4.79 Å². The van der Waals surface area contributed by atoms with Crippen molar-refractivity contribution in [1.29, 1.82) is 0 Å². The minimum absolute atomic E-state index is 0.113. The number of carbonyl (C=O) groups is 1. The quantitative estimate of drug-likeness (QED) is 0.714. The number of nitrogens with two attached hydrogens (primary N) is 1. The predicted octanol–water partition coefficient (Wildman–Crippen LogP) is 3.47. The van der Waals surface area contributed by atoms with Crippen molar-refractivity contribution in [3.63, 3.8) is 0 Å². The number of amides is 1. The molecule has 0 fully saturated rings. The molecule has 5 nitrogen and oxygen atoms in total. The fourth-order valence-electron chi connectivity index (χ4n) is 2.22. The average molecular weight is 313 g/mol. The van der Waals surface area contributed by atoms with Crippen LogP contribution in [0.3, 0.4) is 0 Å². The molecule has 5 heteroatoms. The Hall–Kier alpha value is -2.69. The van der Waals surface area contributed by atoms with Gasteiger partial charge in [-0.3, -0.25) is 4.79 Å². The highest BCUT2D eigenvalue weighted by molar-refractivity contribution is 5.96. The van der Waals surface area contributed by atoms with Crippen LogP contribution < -0.4 is 21.1 Å². The maximum absolute atomic E-state index is 12.0. The Morgan fingerprint density at radius 3 is 2.61 bits per heavy atom. The number of benzene rings is 2. The van der Waals surface area contributed by atoms with Gasteiger partial charge in [0.05, 0.1) is 24.2 Å². The third-order valence-electron chi connectivity index (χ3n) is 3.47. The summed E-state index contributed by atoms with van der Waals surface area (Å²) in [5.41, 5.74) is 9.83. The van der Waals surface area contributed by atoms with Gasteiger partial charge in [-0.15, -0.1) is 0 Å². The molecule has 0 saturated carbocycles. The zero-order chi connectivity index (χ0) is 16.8. The molecule has 122 valence electrons. The van der Waals surface area contributed by atoms with Crippen LogP contribution in [0.4, 0.5) is 17.1 Å². The number of anilines is 3. The predicted molar refractivity (Wildman–Crippen MR) is 94.5 cm³/mol. The fraction of sp³-hybridized carbons (Fsp3) is 0.278. The van der Waals surface area contributed by atoms with Crippen molar-refractivity contribution in [3.05, 3.63) is 47.5 Å². The lowest BCUT2D eigenvalue weighted by Gasteiger charge is -2.14. The van der Waals surface area contributed by atoms with E-state index in [0.29, 0.717) is 17.8 Å². The van der Waals surface area contributed by atoms with Crippen LogP contribution in [0.5, 0.6) is 5.75 Å². The maximum Gasteiger partial charge on any atom is 0.251 e. The van der Waals surface area contributed by atoms with E-state index in [1.807, 2.05) is 32.0 Å². The molecular formula is C18H23N3O2. The molecule has 2 aromatic carbocycles. The highest BCUT2D eigenvalue weighted by Gasteiger charge is 2.09. The monoisotopic (exact) mass is 313 g/mol. The summed E-state index contributed by atoms with van der Waals surface area (Å²) in [6, 6.07) is 11.1. The molecule has 0 aliphatic carbocycles. The Kier molecular flexibility index (Phi) is 5.46. The second kappa shape index (κ2) is 7.54. The van der Waals surface area contributed by atoms with E-state index in [0.717, 1.165) is 29.1 Å². The van der Waals surface area contributed by atoms with Crippen molar-refractivity contribution in [2.24, 2.45) is 0 Å². The number of carbonyl (C=O) groups excluding carboxylic acids is 1. The third-order valence-corrected chi connectivity index (χ3v) is 3.47. The SMILES string of the molecule is CCCNC(=O)c1ccc(Nc2cc(C)ccc2OC)c(N)c1. The smallest absolute Gasteiger partial charge is 0.251 e. The molecular weight excluding hydrogens is 290 g/mol. The van der Waals surface area contributed by atoms with Gasteiger partial charge in [0.2, 0.25) is 0 Å². The second-order valence-electron chi connectivity index (χ2n) is 5.39. The van der Waals surface area contributed by atoms with Crippen molar-refractivity contribution in [2.45, 2.75) is 20.3 Å². The third kappa shape index (κ3) is 4.16. The number of ether oxygens (including phenoxy) is 1. The van der Waals surface area contributed by atoms with Gasteiger partial charge in [-0.1, -0.05) is 13.0 Å². The molecule has 0 aliphatic heterocycles. The summed E-state index contributed by atoms with van der Waals surface area (Å²) < 4.78 is 5.35. The first-order valence-electron chi connectivity index (χ1n) is 7.64. The van der Waals surface area contributed by atoms with Gasteiger partial charge in [0.15, 0.2) is 0 Å². The largest absolute Gasteiger partial charge is 0.495 e. The van der Waals surface area contributed by atoms with Crippen LogP contribution in [0.15, 0.2) is 36.4 Å². The highest BCUT2D eigenvalue weighted by atomic mass is 16.5. The molecule has 4 N–H and O–H groups in total. The number of hydrogen-bond acceptors (Lipinski definition) is 4. The Morgan fingerprint density at radius 1 is 1.17 bits per heavy atom. The second-order valence-corrected chi connectivity index (χ2v) is 5.39. The van der Waals surface area contributed by atoms with Crippen molar-refractivity contribution < 1.29 is 9.53 Å². The number of rotatable bonds is 6. The molecule has 0 bridgehead atoms. The van der Waals surface area contributed by atoms with Gasteiger partial charge < -0.3 is 21.1 Å². The van der Waals surface area contributed by atoms with E-state index in [2.05, 4.69) is 10.6 Å². The zero-order valence-electron chi connectivity index (χ0n) is 13.8. The van der Waals surface area contributed by atoms with Crippen molar-refractivity contribution in [1.82, 2.24) is 5.32 Å². The Bertz CT molecular complexity index is 699. The molecule has 23 heavy (non-hydrogen) atoms. The van der Waals surface area contributed by atoms with Crippen LogP contribution in [-0.4, -0.2) is 19.6 Å². The molecule has 0 atom stereocenters. The molecule has 0 radical (unpaired) electrons. The summed E-state index contributed by atoms with van der Waals surface area (Å²) in [4.78, 5) is 12.0. The molecule has 0 saturated heterocycles. The van der Waals surface area contributed by atoms with Gasteiger partial charge in [0.1, 0.15) is 5.75 Å². The highest BCUT2D eigenvalue weighted by Crippen LogP contribution is 2.31. The Labute approximate surface area is 136 Å². The lowest BCUT2D eigenvalue weighted by atomic mass is 10.1. The summed E-state index contributed by atoms with van der Waals surface area (Å²) >= 11 is 0. The molecule has 2 aromatic rings. The zero-order valence-corrected chi connectivity index (χ0v) is 13.8. The van der Waals surface area contributed by atoms with Crippen LogP contribution in [0, 0.1) is 6.92 Å². The van der Waals surface area contributed by atoms with Crippen LogP contribution >= 0.6 is 0 Å². The molecule has 0 heterocycles. The standard InChI is InChI=1S/C18H23N3O2/c1-4-9-20-18(22)13-6-7-15(14(19)11-13)21-16-10-12(2)5-8-17(16)23-3/h5-8,10-11,21H,4,9,19H2,1-3H3,(H,20,22). The maximum atomic E-state index is 12.0. The lowest BCUT2D eigenvalue weighted by molar-refractivity contribution is 0.0953. The summed E-state index contributed by atoms with van der Waals surface area (Å²) in [6.07, 6.45) is 0.897. The van der Waals surface area contributed by atoms with E-state index in [-0.39, 0.29) is 5.91 Å². The van der Waals surface area contributed by atoms with Crippen LogP contribution in [0.25, 0.3) is 0 Å². The summed E-state index contributed by atoms with van der Waals surface area (Å²) in [5.74, 6) is 0.623. The lowest BCUT2D eigenvalue weighted by Crippen LogP contribution is -2.24. The van der Waals surface area contributed by atoms with E-state index in [1.54, 1.807) is 25.3 Å². The summed E-state index contributed by atoms with van der Waals surface area (Å²) in [6.45, 7) is 4.67. The van der Waals surface area contributed by atoms with Gasteiger partial charge in [-0.2, -0.15) is 0 Å². The van der Waals surface area contributed by atoms with Crippen LogP contribution in [0.2, 0.25) is 0 Å². The Balaban J connectivity index is 2.22. The van der Waals surface area contributed by atoms with E-state index < -0.39 is 0 Å². The van der Waals surface area contributed by atoms with Gasteiger partial charge in [0, 0.05) is 12.1 Å². The van der Waals surface area contributed by atoms with E-state index >= 15 is 0 Å². The molecule has 0 unspecified atom stereocenters. The number of nitrogens with one attached hydrogen (secondary N) is 2. The number of hydrogen-bond donors (Lipinski definition) is 3. The van der Waals surface area contributed by atoms with Crippen molar-refractivity contribution in [2.75, 3.05) is 24.7 Å². The number of aryl methyl sites for hydroxylation is 1. The fourth-order valence-corrected chi connectivity index (χ4v) is 2.22. The van der Waals surface area contributed by atoms with Gasteiger partial charge >= 0.3 is 0 Å². The van der Waals surface area contributed by atoms with Crippen LogP contribution in [0.1, 0.15) is 29.3 Å². The first kappa shape index (κ1) is 16.7. The molecule has 0 aromatic heterocycles. The topological polar surface area (TPSA) is 76.4 Å². The van der Waals surface area contributed by atoms with E-state index in [4.69, 9.17) is 10.5 Å². The normalized spacial score (nSPS) is 10.2. The van der Waals surface area contributed by atoms with Gasteiger partial charge in [-0.05, 0) is 49.2 Å². The first-order chi connectivity index (χ1) is 11.0. The molecule has 0 aliphatic rings. The molecule has 2 rings (SSSR count). The first-order valence-corrected chi connectivity index (χ1v) is 7.64. The molecule has 0 spiro atoms. The average Bonchev–Trinajstić information content (AvgIpc) is 2.54. The minimum Gasteiger partial charge on any atom is -0.495 e. The van der Waals surface area contributed by atoms with E-state index in [1.165, 1.54) is 0 Å². The minimum atomic E-state index is -0.113. The van der Waals surface area contributed by atoms with Crippen LogP contribution in [-0.2, 0) is 0 Å². The van der Waals surface area contributed by atoms with Gasteiger partial charge in [-0.25, -0.2) is 0 Å². The van der Waals surface area contributed by atoms with Crippen molar-refractivity contribution in [3.8, 4) is 5.75 Å². The summed E-state index contributed by atoms with van der Waals surface area (Å²) in [7, 11) is 1.63. The number of methoxy groups -OCH3 is 1. The number of nitrogen functional groups attached to an aromatic ring is 1. The summed E-state index contributed by atoms with van der Waals surface area (Å²) in [5, 5.41) is 6.10. The van der Waals surface area contributed by atoms with Crippen molar-refractivity contribution >= 4 is 23.0 Å². The van der Waals surface area contributed by atoms with Gasteiger partial charge in [0.25, 0.3) is 5.91 Å².